The molecule has 4 heteroatoms. The Morgan fingerprint density at radius 2 is 2.20 bits per heavy atom. The van der Waals surface area contributed by atoms with Crippen LogP contribution in [0.15, 0.2) is 30.3 Å². The summed E-state index contributed by atoms with van der Waals surface area (Å²) in [5.41, 5.74) is 1.47. The lowest BCUT2D eigenvalue weighted by atomic mass is 10.1. The highest BCUT2D eigenvalue weighted by molar-refractivity contribution is 9.09. The van der Waals surface area contributed by atoms with Crippen molar-refractivity contribution in [2.45, 2.75) is 0 Å². The van der Waals surface area contributed by atoms with Gasteiger partial charge in [0.2, 0.25) is 0 Å². The highest BCUT2D eigenvalue weighted by atomic mass is 79.9. The Morgan fingerprint density at radius 3 is 2.73 bits per heavy atom. The van der Waals surface area contributed by atoms with Crippen molar-refractivity contribution >= 4 is 27.5 Å². The van der Waals surface area contributed by atoms with Gasteiger partial charge in [-0.05, 0) is 11.6 Å². The van der Waals surface area contributed by atoms with Gasteiger partial charge in [-0.1, -0.05) is 34.1 Å². The lowest BCUT2D eigenvalue weighted by Crippen LogP contribution is -1.96. The first-order valence-electron chi connectivity index (χ1n) is 4.32. The molecule has 0 atom stereocenters. The second-order valence-corrected chi connectivity index (χ2v) is 3.40. The predicted octanol–water partition coefficient (Wildman–Crippen LogP) is 2.56. The quantitative estimate of drug-likeness (QED) is 0.676. The zero-order valence-corrected chi connectivity index (χ0v) is 9.82. The van der Waals surface area contributed by atoms with Crippen LogP contribution in [0.5, 0.6) is 5.75 Å². The number of hydrogen-bond acceptors (Lipinski definition) is 2. The number of ether oxygens (including phenoxy) is 1. The maximum absolute atomic E-state index is 10.6. The van der Waals surface area contributed by atoms with E-state index < -0.39 is 5.97 Å². The molecule has 0 aliphatic carbocycles. The summed E-state index contributed by atoms with van der Waals surface area (Å²) in [6.45, 7) is 0. The Balaban J connectivity index is 3.17. The number of methoxy groups -OCH3 is 1. The lowest BCUT2D eigenvalue weighted by molar-refractivity contribution is -0.131. The topological polar surface area (TPSA) is 46.5 Å². The standard InChI is InChI=1S/C11H11BrO3/c1-15-10-5-3-2-4-9(10)8(7-12)6-11(13)14/h2-6H,7H2,1H3,(H,13,14)/b8-6-. The molecule has 0 saturated carbocycles. The first-order valence-corrected chi connectivity index (χ1v) is 5.44. The van der Waals surface area contributed by atoms with Gasteiger partial charge in [-0.2, -0.15) is 0 Å². The van der Waals surface area contributed by atoms with Crippen molar-refractivity contribution in [3.8, 4) is 5.75 Å². The van der Waals surface area contributed by atoms with Crippen molar-refractivity contribution < 1.29 is 14.6 Å². The highest BCUT2D eigenvalue weighted by Crippen LogP contribution is 2.26. The van der Waals surface area contributed by atoms with E-state index in [-0.39, 0.29) is 0 Å². The molecule has 1 N–H and O–H groups in total. The summed E-state index contributed by atoms with van der Waals surface area (Å²) in [6, 6.07) is 7.31. The molecule has 1 rings (SSSR count). The van der Waals surface area contributed by atoms with Crippen LogP contribution in [0.25, 0.3) is 5.57 Å². The minimum atomic E-state index is -0.963. The first kappa shape index (κ1) is 11.8. The van der Waals surface area contributed by atoms with Gasteiger partial charge in [0.1, 0.15) is 5.75 Å². The van der Waals surface area contributed by atoms with Crippen LogP contribution in [-0.2, 0) is 4.79 Å². The number of aliphatic carboxylic acids is 1. The molecule has 0 unspecified atom stereocenters. The van der Waals surface area contributed by atoms with Gasteiger partial charge in [0, 0.05) is 17.0 Å². The molecule has 0 aliphatic rings. The minimum Gasteiger partial charge on any atom is -0.496 e. The average Bonchev–Trinajstić information content (AvgIpc) is 2.25. The second kappa shape index (κ2) is 5.56. The monoisotopic (exact) mass is 270 g/mol. The van der Waals surface area contributed by atoms with E-state index in [1.165, 1.54) is 6.08 Å². The van der Waals surface area contributed by atoms with Crippen molar-refractivity contribution in [1.82, 2.24) is 0 Å². The van der Waals surface area contributed by atoms with Gasteiger partial charge in [-0.15, -0.1) is 0 Å². The van der Waals surface area contributed by atoms with E-state index in [9.17, 15) is 4.79 Å². The number of alkyl halides is 1. The molecule has 0 aliphatic heterocycles. The van der Waals surface area contributed by atoms with E-state index in [1.807, 2.05) is 18.2 Å². The molecule has 0 aromatic heterocycles. The van der Waals surface area contributed by atoms with Crippen LogP contribution < -0.4 is 4.74 Å². The lowest BCUT2D eigenvalue weighted by Gasteiger charge is -2.08. The molecule has 3 nitrogen and oxygen atoms in total. The summed E-state index contributed by atoms with van der Waals surface area (Å²) in [5.74, 6) is -0.292. The van der Waals surface area contributed by atoms with Crippen LogP contribution in [-0.4, -0.2) is 23.5 Å². The summed E-state index contributed by atoms with van der Waals surface area (Å²) in [6.07, 6.45) is 1.17. The number of allylic oxidation sites excluding steroid dienone is 1. The number of para-hydroxylation sites is 1. The van der Waals surface area contributed by atoms with Crippen LogP contribution in [0.4, 0.5) is 0 Å². The van der Waals surface area contributed by atoms with Gasteiger partial charge < -0.3 is 9.84 Å². The van der Waals surface area contributed by atoms with Gasteiger partial charge in [0.05, 0.1) is 7.11 Å². The molecule has 15 heavy (non-hydrogen) atoms. The smallest absolute Gasteiger partial charge is 0.328 e. The third kappa shape index (κ3) is 3.09. The van der Waals surface area contributed by atoms with E-state index in [1.54, 1.807) is 13.2 Å². The molecule has 1 aromatic rings. The number of carbonyl (C=O) groups is 1. The molecular formula is C11H11BrO3. The van der Waals surface area contributed by atoms with E-state index in [0.29, 0.717) is 16.7 Å². The van der Waals surface area contributed by atoms with Crippen molar-refractivity contribution in [2.24, 2.45) is 0 Å². The van der Waals surface area contributed by atoms with Crippen LogP contribution in [0.1, 0.15) is 5.56 Å². The van der Waals surface area contributed by atoms with E-state index in [0.717, 1.165) is 5.56 Å². The van der Waals surface area contributed by atoms with Gasteiger partial charge in [-0.25, -0.2) is 4.79 Å². The van der Waals surface area contributed by atoms with Gasteiger partial charge >= 0.3 is 5.97 Å². The molecule has 0 radical (unpaired) electrons. The highest BCUT2D eigenvalue weighted by Gasteiger charge is 2.07. The fraction of sp³-hybridized carbons (Fsp3) is 0.182. The van der Waals surface area contributed by atoms with Gasteiger partial charge in [-0.3, -0.25) is 0 Å². The van der Waals surface area contributed by atoms with Crippen molar-refractivity contribution in [3.05, 3.63) is 35.9 Å². The molecule has 0 spiro atoms. The molecule has 0 bridgehead atoms. The SMILES string of the molecule is COc1ccccc1/C(=C\C(=O)O)CBr. The Morgan fingerprint density at radius 1 is 1.53 bits per heavy atom. The first-order chi connectivity index (χ1) is 7.19. The van der Waals surface area contributed by atoms with Gasteiger partial charge in [0.25, 0.3) is 0 Å². The van der Waals surface area contributed by atoms with E-state index in [2.05, 4.69) is 15.9 Å². The fourth-order valence-electron chi connectivity index (χ4n) is 1.25. The molecule has 1 aromatic carbocycles. The fourth-order valence-corrected chi connectivity index (χ4v) is 1.71. The van der Waals surface area contributed by atoms with Crippen molar-refractivity contribution in [1.29, 1.82) is 0 Å². The van der Waals surface area contributed by atoms with Crippen molar-refractivity contribution in [2.75, 3.05) is 12.4 Å². The van der Waals surface area contributed by atoms with Crippen molar-refractivity contribution in [3.63, 3.8) is 0 Å². The Kier molecular flexibility index (Phi) is 4.37. The minimum absolute atomic E-state index is 0.472. The summed E-state index contributed by atoms with van der Waals surface area (Å²) in [4.78, 5) is 10.6. The largest absolute Gasteiger partial charge is 0.496 e. The van der Waals surface area contributed by atoms with E-state index in [4.69, 9.17) is 9.84 Å². The Hall–Kier alpha value is -1.29. The van der Waals surface area contributed by atoms with Crippen LogP contribution in [0.2, 0.25) is 0 Å². The zero-order chi connectivity index (χ0) is 11.3. The average molecular weight is 271 g/mol. The maximum atomic E-state index is 10.6. The van der Waals surface area contributed by atoms with Crippen LogP contribution in [0.3, 0.4) is 0 Å². The number of carboxylic acids is 1. The third-order valence-corrected chi connectivity index (χ3v) is 2.50. The summed E-state index contributed by atoms with van der Waals surface area (Å²) in [7, 11) is 1.56. The summed E-state index contributed by atoms with van der Waals surface area (Å²) in [5, 5.41) is 9.17. The molecule has 0 saturated heterocycles. The maximum Gasteiger partial charge on any atom is 0.328 e. The van der Waals surface area contributed by atoms with Crippen LogP contribution in [0, 0.1) is 0 Å². The Labute approximate surface area is 96.5 Å². The summed E-state index contributed by atoms with van der Waals surface area (Å²) >= 11 is 3.26. The second-order valence-electron chi connectivity index (χ2n) is 2.84. The molecule has 80 valence electrons. The third-order valence-electron chi connectivity index (χ3n) is 1.89. The Bertz CT molecular complexity index is 385. The molecule has 0 fully saturated rings. The normalized spacial score (nSPS) is 11.2. The van der Waals surface area contributed by atoms with Crippen LogP contribution >= 0.6 is 15.9 Å². The number of carboxylic acid groups (broad SMARTS) is 1. The predicted molar refractivity (Wildman–Crippen MR) is 62.4 cm³/mol. The number of benzene rings is 1. The number of rotatable bonds is 4. The van der Waals surface area contributed by atoms with Gasteiger partial charge in [0.15, 0.2) is 0 Å². The number of halogens is 1. The zero-order valence-electron chi connectivity index (χ0n) is 8.24. The molecular weight excluding hydrogens is 260 g/mol. The molecule has 0 heterocycles. The number of hydrogen-bond donors (Lipinski definition) is 1. The molecule has 0 amide bonds. The van der Waals surface area contributed by atoms with E-state index >= 15 is 0 Å². The summed E-state index contributed by atoms with van der Waals surface area (Å²) < 4.78 is 5.16.